The van der Waals surface area contributed by atoms with Crippen LogP contribution in [0.5, 0.6) is 0 Å². The summed E-state index contributed by atoms with van der Waals surface area (Å²) in [4.78, 5) is 13.1. The average molecular weight is 477 g/mol. The Kier molecular flexibility index (Phi) is 6.76. The topological polar surface area (TPSA) is 59.0 Å². The van der Waals surface area contributed by atoms with Gasteiger partial charge in [0.25, 0.3) is 5.91 Å². The molecule has 1 aliphatic heterocycles. The maximum absolute atomic E-state index is 13.3. The van der Waals surface area contributed by atoms with Gasteiger partial charge in [0, 0.05) is 24.8 Å². The fourth-order valence-electron chi connectivity index (χ4n) is 4.21. The minimum absolute atomic E-state index is 0.0589. The molecule has 1 fully saturated rings. The van der Waals surface area contributed by atoms with Gasteiger partial charge in [0.05, 0.1) is 28.4 Å². The molecule has 33 heavy (non-hydrogen) atoms. The number of benzene rings is 2. The number of hydrogen-bond acceptors (Lipinski definition) is 3. The van der Waals surface area contributed by atoms with Crippen molar-refractivity contribution in [2.45, 2.75) is 37.5 Å². The Balaban J connectivity index is 1.67. The average Bonchev–Trinajstić information content (AvgIpc) is 3.23. The van der Waals surface area contributed by atoms with Crippen molar-refractivity contribution < 1.29 is 18.0 Å². The summed E-state index contributed by atoms with van der Waals surface area (Å²) in [5, 5.41) is 10.0. The quantitative estimate of drug-likeness (QED) is 0.520. The van der Waals surface area contributed by atoms with E-state index in [1.165, 1.54) is 12.1 Å². The van der Waals surface area contributed by atoms with Gasteiger partial charge < -0.3 is 10.6 Å². The maximum atomic E-state index is 13.3. The molecule has 0 radical (unpaired) electrons. The Morgan fingerprint density at radius 3 is 2.67 bits per heavy atom. The van der Waals surface area contributed by atoms with E-state index < -0.39 is 28.7 Å². The van der Waals surface area contributed by atoms with Crippen molar-refractivity contribution in [2.75, 3.05) is 6.54 Å². The fraction of sp³-hybridized carbons (Fsp3) is 0.333. The number of nitrogens with zero attached hydrogens (tertiary/aromatic N) is 2. The molecule has 174 valence electrons. The molecule has 1 saturated heterocycles. The summed E-state index contributed by atoms with van der Waals surface area (Å²) < 4.78 is 41.6. The zero-order valence-electron chi connectivity index (χ0n) is 18.0. The number of aromatic nitrogens is 2. The normalized spacial score (nSPS) is 17.5. The van der Waals surface area contributed by atoms with Crippen molar-refractivity contribution in [3.63, 3.8) is 0 Å². The Morgan fingerprint density at radius 2 is 2.00 bits per heavy atom. The van der Waals surface area contributed by atoms with Gasteiger partial charge >= 0.3 is 6.18 Å². The second-order valence-corrected chi connectivity index (χ2v) is 8.58. The fourth-order valence-corrected chi connectivity index (χ4v) is 4.53. The molecule has 1 amide bonds. The lowest BCUT2D eigenvalue weighted by Crippen LogP contribution is -2.46. The molecule has 4 rings (SSSR count). The minimum atomic E-state index is -4.64. The number of aryl methyl sites for hydroxylation is 1. The summed E-state index contributed by atoms with van der Waals surface area (Å²) in [5.41, 5.74) is 1.50. The van der Waals surface area contributed by atoms with Crippen LogP contribution in [0.15, 0.2) is 54.9 Å². The van der Waals surface area contributed by atoms with Crippen LogP contribution in [-0.4, -0.2) is 28.3 Å². The van der Waals surface area contributed by atoms with Crippen LogP contribution in [0.2, 0.25) is 5.02 Å². The van der Waals surface area contributed by atoms with E-state index in [1.807, 2.05) is 37.5 Å². The summed E-state index contributed by atoms with van der Waals surface area (Å²) in [5.74, 6) is -0.643. The Bertz CT molecular complexity index is 1140. The molecule has 0 aliphatic carbocycles. The molecule has 2 atom stereocenters. The van der Waals surface area contributed by atoms with Gasteiger partial charge in [0.15, 0.2) is 0 Å². The van der Waals surface area contributed by atoms with Crippen LogP contribution >= 0.6 is 11.6 Å². The van der Waals surface area contributed by atoms with E-state index in [4.69, 9.17) is 11.6 Å². The Labute approximate surface area is 194 Å². The Hall–Kier alpha value is -2.84. The molecule has 1 aliphatic rings. The van der Waals surface area contributed by atoms with Gasteiger partial charge in [-0.05, 0) is 48.7 Å². The monoisotopic (exact) mass is 476 g/mol. The van der Waals surface area contributed by atoms with Crippen LogP contribution in [-0.2, 0) is 13.2 Å². The van der Waals surface area contributed by atoms with Crippen molar-refractivity contribution in [1.82, 2.24) is 20.4 Å². The van der Waals surface area contributed by atoms with E-state index in [1.54, 1.807) is 10.9 Å². The van der Waals surface area contributed by atoms with Crippen LogP contribution in [0.4, 0.5) is 13.2 Å². The van der Waals surface area contributed by atoms with Gasteiger partial charge in [-0.25, -0.2) is 0 Å². The molecular formula is C24H24ClF3N4O. The van der Waals surface area contributed by atoms with Crippen molar-refractivity contribution in [2.24, 2.45) is 7.05 Å². The van der Waals surface area contributed by atoms with Gasteiger partial charge in [-0.3, -0.25) is 9.48 Å². The predicted molar refractivity (Wildman–Crippen MR) is 121 cm³/mol. The first-order chi connectivity index (χ1) is 15.7. The summed E-state index contributed by atoms with van der Waals surface area (Å²) >= 11 is 6.01. The first kappa shape index (κ1) is 23.3. The van der Waals surface area contributed by atoms with Crippen molar-refractivity contribution in [3.8, 4) is 11.1 Å². The van der Waals surface area contributed by atoms with Crippen molar-refractivity contribution in [1.29, 1.82) is 0 Å². The van der Waals surface area contributed by atoms with E-state index in [2.05, 4.69) is 15.7 Å². The zero-order valence-corrected chi connectivity index (χ0v) is 18.7. The third kappa shape index (κ3) is 5.23. The highest BCUT2D eigenvalue weighted by molar-refractivity contribution is 6.34. The van der Waals surface area contributed by atoms with Gasteiger partial charge in [0.2, 0.25) is 0 Å². The standard InChI is InChI=1S/C24H24ClF3N4O/c1-32-14-17(13-30-32)15-6-4-7-16(12-15)22(20-10-2-3-11-29-20)31-23(33)18-8-5-9-19(21(18)25)24(26,27)28/h4-9,12-14,20,22,29H,2-3,10-11H2,1H3,(H,31,33)/t20-,22-/m0/s1. The van der Waals surface area contributed by atoms with E-state index in [0.717, 1.165) is 48.6 Å². The SMILES string of the molecule is Cn1cc(-c2cccc([C@H](NC(=O)c3cccc(C(F)(F)F)c3Cl)[C@@H]3CCCCN3)c2)cn1. The van der Waals surface area contributed by atoms with Gasteiger partial charge in [-0.2, -0.15) is 18.3 Å². The lowest BCUT2D eigenvalue weighted by atomic mass is 9.90. The lowest BCUT2D eigenvalue weighted by Gasteiger charge is -2.32. The number of halogens is 4. The number of amides is 1. The Morgan fingerprint density at radius 1 is 1.21 bits per heavy atom. The van der Waals surface area contributed by atoms with Crippen molar-refractivity contribution in [3.05, 3.63) is 76.6 Å². The predicted octanol–water partition coefficient (Wildman–Crippen LogP) is 5.37. The van der Waals surface area contributed by atoms with Gasteiger partial charge in [-0.15, -0.1) is 0 Å². The van der Waals surface area contributed by atoms with Crippen LogP contribution in [0, 0.1) is 0 Å². The molecule has 0 unspecified atom stereocenters. The molecule has 2 aromatic carbocycles. The summed E-state index contributed by atoms with van der Waals surface area (Å²) in [6.07, 6.45) is 1.87. The molecule has 9 heteroatoms. The highest BCUT2D eigenvalue weighted by Crippen LogP contribution is 2.36. The zero-order chi connectivity index (χ0) is 23.6. The number of hydrogen-bond donors (Lipinski definition) is 2. The molecule has 0 bridgehead atoms. The first-order valence-corrected chi connectivity index (χ1v) is 11.1. The molecule has 2 N–H and O–H groups in total. The third-order valence-electron chi connectivity index (χ3n) is 5.87. The summed E-state index contributed by atoms with van der Waals surface area (Å²) in [7, 11) is 1.83. The number of carbonyl (C=O) groups excluding carboxylic acids is 1. The molecule has 1 aromatic heterocycles. The van der Waals surface area contributed by atoms with Crippen LogP contribution in [0.1, 0.15) is 46.8 Å². The lowest BCUT2D eigenvalue weighted by molar-refractivity contribution is -0.137. The highest BCUT2D eigenvalue weighted by Gasteiger charge is 2.35. The molecule has 3 aromatic rings. The number of carbonyl (C=O) groups is 1. The maximum Gasteiger partial charge on any atom is 0.417 e. The molecule has 0 spiro atoms. The molecule has 5 nitrogen and oxygen atoms in total. The smallest absolute Gasteiger partial charge is 0.344 e. The highest BCUT2D eigenvalue weighted by atomic mass is 35.5. The number of nitrogens with one attached hydrogen (secondary N) is 2. The van der Waals surface area contributed by atoms with E-state index >= 15 is 0 Å². The largest absolute Gasteiger partial charge is 0.417 e. The molecule has 0 saturated carbocycles. The molecule has 2 heterocycles. The van der Waals surface area contributed by atoms with Crippen LogP contribution in [0.25, 0.3) is 11.1 Å². The summed E-state index contributed by atoms with van der Waals surface area (Å²) in [6, 6.07) is 10.6. The second kappa shape index (κ2) is 9.57. The van der Waals surface area contributed by atoms with Crippen molar-refractivity contribution >= 4 is 17.5 Å². The first-order valence-electron chi connectivity index (χ1n) is 10.7. The minimum Gasteiger partial charge on any atom is -0.344 e. The third-order valence-corrected chi connectivity index (χ3v) is 6.28. The van der Waals surface area contributed by atoms with Crippen LogP contribution < -0.4 is 10.6 Å². The number of rotatable bonds is 5. The van der Waals surface area contributed by atoms with Gasteiger partial charge in [-0.1, -0.05) is 42.3 Å². The second-order valence-electron chi connectivity index (χ2n) is 8.20. The number of piperidine rings is 1. The van der Waals surface area contributed by atoms with E-state index in [0.29, 0.717) is 0 Å². The molecular weight excluding hydrogens is 453 g/mol. The summed E-state index contributed by atoms with van der Waals surface area (Å²) in [6.45, 7) is 0.809. The van der Waals surface area contributed by atoms with Crippen LogP contribution in [0.3, 0.4) is 0 Å². The van der Waals surface area contributed by atoms with Gasteiger partial charge in [0.1, 0.15) is 0 Å². The van der Waals surface area contributed by atoms with E-state index in [-0.39, 0.29) is 11.6 Å². The van der Waals surface area contributed by atoms with E-state index in [9.17, 15) is 18.0 Å². The number of alkyl halides is 3.